The maximum Gasteiger partial charge on any atom is 0.0911 e. The molecule has 2 aromatic rings. The van der Waals surface area contributed by atoms with Crippen molar-refractivity contribution >= 4 is 0 Å². The Hall–Kier alpha value is -2.04. The SMILES string of the molecule is OC1(c2ccccc2C#Cc2ccccc2)CC1. The minimum absolute atomic E-state index is 0.623. The van der Waals surface area contributed by atoms with Gasteiger partial charge in [-0.3, -0.25) is 0 Å². The Morgan fingerprint density at radius 3 is 2.22 bits per heavy atom. The van der Waals surface area contributed by atoms with Crippen molar-refractivity contribution in [1.29, 1.82) is 0 Å². The van der Waals surface area contributed by atoms with Gasteiger partial charge in [-0.05, 0) is 36.6 Å². The van der Waals surface area contributed by atoms with E-state index in [-0.39, 0.29) is 0 Å². The molecule has 0 heterocycles. The number of hydrogen-bond acceptors (Lipinski definition) is 1. The van der Waals surface area contributed by atoms with Crippen LogP contribution in [0.25, 0.3) is 0 Å². The smallest absolute Gasteiger partial charge is 0.0911 e. The van der Waals surface area contributed by atoms with E-state index >= 15 is 0 Å². The van der Waals surface area contributed by atoms with E-state index in [9.17, 15) is 5.11 Å². The quantitative estimate of drug-likeness (QED) is 0.752. The molecule has 0 amide bonds. The molecule has 1 fully saturated rings. The minimum Gasteiger partial charge on any atom is -0.385 e. The lowest BCUT2D eigenvalue weighted by molar-refractivity contribution is 0.151. The highest BCUT2D eigenvalue weighted by molar-refractivity contribution is 5.49. The molecule has 1 N–H and O–H groups in total. The van der Waals surface area contributed by atoms with Crippen LogP contribution in [-0.4, -0.2) is 5.11 Å². The van der Waals surface area contributed by atoms with Gasteiger partial charge in [-0.15, -0.1) is 0 Å². The standard InChI is InChI=1S/C17H14O/c18-17(12-13-17)16-9-5-4-8-15(16)11-10-14-6-2-1-3-7-14/h1-9,18H,12-13H2. The molecule has 1 aliphatic rings. The van der Waals surface area contributed by atoms with E-state index in [1.807, 2.05) is 54.6 Å². The molecule has 1 saturated carbocycles. The van der Waals surface area contributed by atoms with Crippen molar-refractivity contribution < 1.29 is 5.11 Å². The van der Waals surface area contributed by atoms with Gasteiger partial charge in [-0.25, -0.2) is 0 Å². The Morgan fingerprint density at radius 1 is 0.833 bits per heavy atom. The van der Waals surface area contributed by atoms with E-state index in [0.29, 0.717) is 0 Å². The molecule has 1 heteroatoms. The van der Waals surface area contributed by atoms with Gasteiger partial charge < -0.3 is 5.11 Å². The van der Waals surface area contributed by atoms with Crippen LogP contribution in [0, 0.1) is 11.8 Å². The van der Waals surface area contributed by atoms with Crippen LogP contribution in [0.1, 0.15) is 29.5 Å². The van der Waals surface area contributed by atoms with Crippen molar-refractivity contribution in [2.45, 2.75) is 18.4 Å². The van der Waals surface area contributed by atoms with Crippen LogP contribution in [-0.2, 0) is 5.60 Å². The summed E-state index contributed by atoms with van der Waals surface area (Å²) in [5, 5.41) is 10.2. The molecule has 88 valence electrons. The summed E-state index contributed by atoms with van der Waals surface area (Å²) < 4.78 is 0. The Bertz CT molecular complexity index is 613. The molecule has 0 unspecified atom stereocenters. The third kappa shape index (κ3) is 2.16. The number of benzene rings is 2. The highest BCUT2D eigenvalue weighted by atomic mass is 16.3. The van der Waals surface area contributed by atoms with E-state index in [4.69, 9.17) is 0 Å². The van der Waals surface area contributed by atoms with Gasteiger partial charge in [0.05, 0.1) is 5.60 Å². The van der Waals surface area contributed by atoms with Crippen LogP contribution in [0.5, 0.6) is 0 Å². The average molecular weight is 234 g/mol. The van der Waals surface area contributed by atoms with Gasteiger partial charge in [-0.2, -0.15) is 0 Å². The first kappa shape index (κ1) is 11.1. The second kappa shape index (κ2) is 4.33. The molecule has 0 atom stereocenters. The molecule has 0 aromatic heterocycles. The molecule has 0 spiro atoms. The Labute approximate surface area is 107 Å². The number of hydrogen-bond donors (Lipinski definition) is 1. The average Bonchev–Trinajstić information content (AvgIpc) is 3.17. The van der Waals surface area contributed by atoms with Crippen molar-refractivity contribution in [2.75, 3.05) is 0 Å². The van der Waals surface area contributed by atoms with Crippen LogP contribution >= 0.6 is 0 Å². The fraction of sp³-hybridized carbons (Fsp3) is 0.176. The maximum absolute atomic E-state index is 10.2. The zero-order valence-corrected chi connectivity index (χ0v) is 10.1. The molecule has 0 bridgehead atoms. The number of aliphatic hydroxyl groups is 1. The normalized spacial score (nSPS) is 15.6. The first-order valence-electron chi connectivity index (χ1n) is 6.17. The summed E-state index contributed by atoms with van der Waals surface area (Å²) in [6.45, 7) is 0. The van der Waals surface area contributed by atoms with Crippen LogP contribution in [0.15, 0.2) is 54.6 Å². The predicted molar refractivity (Wildman–Crippen MR) is 72.0 cm³/mol. The van der Waals surface area contributed by atoms with E-state index < -0.39 is 5.60 Å². The minimum atomic E-state index is -0.623. The topological polar surface area (TPSA) is 20.2 Å². The van der Waals surface area contributed by atoms with Gasteiger partial charge in [0.15, 0.2) is 0 Å². The third-order valence-electron chi connectivity index (χ3n) is 3.27. The molecule has 0 aliphatic heterocycles. The second-order valence-electron chi connectivity index (χ2n) is 4.69. The zero-order valence-electron chi connectivity index (χ0n) is 10.1. The molecule has 18 heavy (non-hydrogen) atoms. The van der Waals surface area contributed by atoms with E-state index in [1.54, 1.807) is 0 Å². The summed E-state index contributed by atoms with van der Waals surface area (Å²) >= 11 is 0. The van der Waals surface area contributed by atoms with Gasteiger partial charge in [-0.1, -0.05) is 48.2 Å². The van der Waals surface area contributed by atoms with Crippen molar-refractivity contribution in [2.24, 2.45) is 0 Å². The molecule has 1 nitrogen and oxygen atoms in total. The predicted octanol–water partition coefficient (Wildman–Crippen LogP) is 3.07. The molecular formula is C17H14O. The van der Waals surface area contributed by atoms with Gasteiger partial charge in [0, 0.05) is 11.1 Å². The lowest BCUT2D eigenvalue weighted by Gasteiger charge is -2.09. The van der Waals surface area contributed by atoms with Crippen LogP contribution in [0.3, 0.4) is 0 Å². The Kier molecular flexibility index (Phi) is 2.66. The fourth-order valence-electron chi connectivity index (χ4n) is 2.05. The molecular weight excluding hydrogens is 220 g/mol. The van der Waals surface area contributed by atoms with Crippen LogP contribution in [0.2, 0.25) is 0 Å². The van der Waals surface area contributed by atoms with Crippen molar-refractivity contribution in [3.05, 3.63) is 71.3 Å². The van der Waals surface area contributed by atoms with Crippen molar-refractivity contribution in [3.63, 3.8) is 0 Å². The lowest BCUT2D eigenvalue weighted by atomic mass is 10.0. The van der Waals surface area contributed by atoms with E-state index in [1.165, 1.54) is 0 Å². The molecule has 0 saturated heterocycles. The Balaban J connectivity index is 1.97. The summed E-state index contributed by atoms with van der Waals surface area (Å²) in [7, 11) is 0. The van der Waals surface area contributed by atoms with Gasteiger partial charge in [0.25, 0.3) is 0 Å². The van der Waals surface area contributed by atoms with E-state index in [0.717, 1.165) is 29.5 Å². The van der Waals surface area contributed by atoms with Crippen molar-refractivity contribution in [3.8, 4) is 11.8 Å². The van der Waals surface area contributed by atoms with Gasteiger partial charge >= 0.3 is 0 Å². The summed E-state index contributed by atoms with van der Waals surface area (Å²) in [5.74, 6) is 6.31. The summed E-state index contributed by atoms with van der Waals surface area (Å²) in [6.07, 6.45) is 1.69. The van der Waals surface area contributed by atoms with Gasteiger partial charge in [0.2, 0.25) is 0 Å². The molecule has 2 aromatic carbocycles. The second-order valence-corrected chi connectivity index (χ2v) is 4.69. The van der Waals surface area contributed by atoms with Crippen LogP contribution in [0.4, 0.5) is 0 Å². The first-order valence-corrected chi connectivity index (χ1v) is 6.17. The first-order chi connectivity index (χ1) is 8.78. The van der Waals surface area contributed by atoms with Crippen LogP contribution < -0.4 is 0 Å². The third-order valence-corrected chi connectivity index (χ3v) is 3.27. The number of rotatable bonds is 1. The fourth-order valence-corrected chi connectivity index (χ4v) is 2.05. The molecule has 0 radical (unpaired) electrons. The summed E-state index contributed by atoms with van der Waals surface area (Å²) in [5.41, 5.74) is 2.27. The zero-order chi connectivity index (χ0) is 12.4. The summed E-state index contributed by atoms with van der Waals surface area (Å²) in [4.78, 5) is 0. The summed E-state index contributed by atoms with van der Waals surface area (Å²) in [6, 6.07) is 17.8. The maximum atomic E-state index is 10.2. The molecule has 3 rings (SSSR count). The Morgan fingerprint density at radius 2 is 1.50 bits per heavy atom. The highest BCUT2D eigenvalue weighted by Crippen LogP contribution is 2.46. The van der Waals surface area contributed by atoms with Gasteiger partial charge in [0.1, 0.15) is 0 Å². The molecule has 1 aliphatic carbocycles. The van der Waals surface area contributed by atoms with Crippen molar-refractivity contribution in [1.82, 2.24) is 0 Å². The monoisotopic (exact) mass is 234 g/mol. The highest BCUT2D eigenvalue weighted by Gasteiger charge is 2.43. The van der Waals surface area contributed by atoms with E-state index in [2.05, 4.69) is 11.8 Å². The largest absolute Gasteiger partial charge is 0.385 e. The lowest BCUT2D eigenvalue weighted by Crippen LogP contribution is -2.06.